The van der Waals surface area contributed by atoms with Crippen molar-refractivity contribution < 1.29 is 4.79 Å². The number of primary amides is 1. The second-order valence-corrected chi connectivity index (χ2v) is 1.16. The number of nitrogens with two attached hydrogens (primary N) is 1. The van der Waals surface area contributed by atoms with Crippen LogP contribution in [-0.4, -0.2) is 11.2 Å². The molecule has 0 spiro atoms. The van der Waals surface area contributed by atoms with E-state index in [-0.39, 0.29) is 11.2 Å². The third-order valence-corrected chi connectivity index (χ3v) is 0.684. The first kappa shape index (κ1) is 4.95. The van der Waals surface area contributed by atoms with Crippen LogP contribution >= 0.6 is 15.9 Å². The van der Waals surface area contributed by atoms with Gasteiger partial charge in [-0.2, -0.15) is 0 Å². The summed E-state index contributed by atoms with van der Waals surface area (Å²) < 4.78 is 0. The molecule has 0 aliphatic heterocycles. The molecule has 0 heterocycles. The number of amides is 1. The van der Waals surface area contributed by atoms with Crippen LogP contribution in [0, 0.1) is 0 Å². The quantitative estimate of drug-likeness (QED) is 0.502. The molecule has 30 valence electrons. The van der Waals surface area contributed by atoms with E-state index in [1.165, 1.54) is 0 Å². The molecule has 1 amide bonds. The van der Waals surface area contributed by atoms with Gasteiger partial charge in [0.05, 0.1) is 5.33 Å². The van der Waals surface area contributed by atoms with Crippen LogP contribution in [0.5, 0.6) is 0 Å². The fraction of sp³-hybridized carbons (Fsp3) is 0.500. The van der Waals surface area contributed by atoms with Crippen molar-refractivity contribution in [2.75, 3.05) is 5.33 Å². The van der Waals surface area contributed by atoms with Gasteiger partial charge in [0.1, 0.15) is 0 Å². The van der Waals surface area contributed by atoms with Crippen LogP contribution < -0.4 is 5.73 Å². The van der Waals surface area contributed by atoms with Crippen molar-refractivity contribution in [2.24, 2.45) is 5.73 Å². The van der Waals surface area contributed by atoms with Gasteiger partial charge in [-0.25, -0.2) is 0 Å². The van der Waals surface area contributed by atoms with Crippen LogP contribution in [0.3, 0.4) is 0 Å². The summed E-state index contributed by atoms with van der Waals surface area (Å²) >= 11 is 2.84. The Labute approximate surface area is 38.5 Å². The van der Waals surface area contributed by atoms with Gasteiger partial charge in [-0.05, 0) is 0 Å². The van der Waals surface area contributed by atoms with Crippen molar-refractivity contribution in [1.29, 1.82) is 0 Å². The topological polar surface area (TPSA) is 43.1 Å². The Morgan fingerprint density at radius 3 is 2.20 bits per heavy atom. The lowest BCUT2D eigenvalue weighted by atomic mass is 10.8. The Bertz CT molecular complexity index is 44.9. The molecule has 0 fully saturated rings. The first-order valence-corrected chi connectivity index (χ1v) is 2.24. The fourth-order valence-electron chi connectivity index (χ4n) is 0. The van der Waals surface area contributed by atoms with Crippen molar-refractivity contribution >= 4 is 21.8 Å². The van der Waals surface area contributed by atoms with Crippen molar-refractivity contribution in [3.8, 4) is 0 Å². The average molecular weight is 137 g/mol. The molecular weight excluding hydrogens is 133 g/mol. The molecular formula is C2H4BrNO. The molecule has 0 saturated heterocycles. The van der Waals surface area contributed by atoms with Gasteiger partial charge in [0.25, 0.3) is 0 Å². The standard InChI is InChI=1S/C2H4BrNO/c3-1-2(4)5/h1H2,(H2,4,5)/i3-1. The maximum Gasteiger partial charge on any atom is 0.228 e. The van der Waals surface area contributed by atoms with E-state index in [1.54, 1.807) is 0 Å². The average Bonchev–Trinajstić information content (AvgIpc) is 1.38. The Hall–Kier alpha value is -0.0500. The van der Waals surface area contributed by atoms with Gasteiger partial charge in [-0.3, -0.25) is 4.79 Å². The normalized spacial score (nSPS) is 7.40. The van der Waals surface area contributed by atoms with Gasteiger partial charge >= 0.3 is 0 Å². The lowest BCUT2D eigenvalue weighted by Gasteiger charge is -1.71. The Morgan fingerprint density at radius 2 is 2.20 bits per heavy atom. The Kier molecular flexibility index (Phi) is 2.18. The minimum atomic E-state index is -0.329. The van der Waals surface area contributed by atoms with Crippen LogP contribution in [0.2, 0.25) is 0 Å². The lowest BCUT2D eigenvalue weighted by molar-refractivity contribution is -0.115. The molecule has 2 nitrogen and oxygen atoms in total. The van der Waals surface area contributed by atoms with Gasteiger partial charge in [-0.1, -0.05) is 15.9 Å². The number of halogens is 1. The summed E-state index contributed by atoms with van der Waals surface area (Å²) in [5, 5.41) is 0.257. The lowest BCUT2D eigenvalue weighted by Crippen LogP contribution is -2.10. The number of carbonyl (C=O) groups is 1. The number of alkyl halides is 1. The molecule has 3 heteroatoms. The Balaban J connectivity index is 2.85. The maximum atomic E-state index is 9.54. The molecule has 0 aromatic heterocycles. The number of hydrogen-bond acceptors (Lipinski definition) is 1. The van der Waals surface area contributed by atoms with Crippen molar-refractivity contribution in [2.45, 2.75) is 0 Å². The second-order valence-electron chi connectivity index (χ2n) is 0.600. The van der Waals surface area contributed by atoms with Crippen molar-refractivity contribution in [3.63, 3.8) is 0 Å². The molecule has 0 radical (unpaired) electrons. The van der Waals surface area contributed by atoms with E-state index in [4.69, 9.17) is 0 Å². The number of carbonyl (C=O) groups excluding carboxylic acids is 1. The molecule has 2 N–H and O–H groups in total. The minimum absolute atomic E-state index is 0.257. The van der Waals surface area contributed by atoms with Crippen molar-refractivity contribution in [3.05, 3.63) is 0 Å². The summed E-state index contributed by atoms with van der Waals surface area (Å²) in [5.74, 6) is -0.329. The SMILES string of the molecule is NC(=O)C[79Br]. The molecule has 0 atom stereocenters. The number of rotatable bonds is 1. The van der Waals surface area contributed by atoms with Crippen LogP contribution in [0.4, 0.5) is 0 Å². The van der Waals surface area contributed by atoms with E-state index >= 15 is 0 Å². The van der Waals surface area contributed by atoms with Crippen LogP contribution in [0.25, 0.3) is 0 Å². The van der Waals surface area contributed by atoms with Gasteiger partial charge in [0, 0.05) is 0 Å². The van der Waals surface area contributed by atoms with E-state index in [9.17, 15) is 4.79 Å². The van der Waals surface area contributed by atoms with E-state index in [2.05, 4.69) is 21.7 Å². The Morgan fingerprint density at radius 1 is 2.00 bits per heavy atom. The van der Waals surface area contributed by atoms with Crippen molar-refractivity contribution in [1.82, 2.24) is 0 Å². The van der Waals surface area contributed by atoms with Crippen LogP contribution in [0.15, 0.2) is 0 Å². The zero-order chi connectivity index (χ0) is 4.28. The highest BCUT2D eigenvalue weighted by molar-refractivity contribution is 9.09. The smallest absolute Gasteiger partial charge is 0.228 e. The molecule has 0 unspecified atom stereocenters. The zero-order valence-electron chi connectivity index (χ0n) is 2.57. The molecule has 0 rings (SSSR count). The van der Waals surface area contributed by atoms with E-state index in [1.807, 2.05) is 0 Å². The van der Waals surface area contributed by atoms with E-state index < -0.39 is 0 Å². The van der Waals surface area contributed by atoms with Gasteiger partial charge in [0.2, 0.25) is 5.91 Å². The molecule has 0 aromatic rings. The predicted octanol–water partition coefficient (Wildman–Crippen LogP) is -0.133. The summed E-state index contributed by atoms with van der Waals surface area (Å²) in [5.41, 5.74) is 4.61. The summed E-state index contributed by atoms with van der Waals surface area (Å²) in [4.78, 5) is 9.54. The highest BCUT2D eigenvalue weighted by Gasteiger charge is 1.79. The van der Waals surface area contributed by atoms with Crippen LogP contribution in [0.1, 0.15) is 0 Å². The number of hydrogen-bond donors (Lipinski definition) is 1. The first-order valence-electron chi connectivity index (χ1n) is 1.11. The first-order chi connectivity index (χ1) is 2.27. The fourth-order valence-corrected chi connectivity index (χ4v) is 0. The molecule has 0 aliphatic carbocycles. The summed E-state index contributed by atoms with van der Waals surface area (Å²) in [6.45, 7) is 0. The van der Waals surface area contributed by atoms with E-state index in [0.29, 0.717) is 0 Å². The third kappa shape index (κ3) is 3.95. The van der Waals surface area contributed by atoms with Crippen LogP contribution in [-0.2, 0) is 4.79 Å². The van der Waals surface area contributed by atoms with Gasteiger partial charge in [-0.15, -0.1) is 0 Å². The third-order valence-electron chi connectivity index (χ3n) is 0.132. The predicted molar refractivity (Wildman–Crippen MR) is 23.0 cm³/mol. The largest absolute Gasteiger partial charge is 0.369 e. The maximum absolute atomic E-state index is 9.54. The molecule has 0 bridgehead atoms. The summed E-state index contributed by atoms with van der Waals surface area (Å²) in [7, 11) is 0. The highest BCUT2D eigenvalue weighted by atomic mass is 78.9. The van der Waals surface area contributed by atoms with Gasteiger partial charge in [0.15, 0.2) is 0 Å². The minimum Gasteiger partial charge on any atom is -0.369 e. The monoisotopic (exact) mass is 137 g/mol. The highest BCUT2D eigenvalue weighted by Crippen LogP contribution is 1.71. The van der Waals surface area contributed by atoms with E-state index in [0.717, 1.165) is 0 Å². The molecule has 0 saturated carbocycles. The van der Waals surface area contributed by atoms with Gasteiger partial charge < -0.3 is 5.73 Å². The molecule has 5 heavy (non-hydrogen) atoms. The zero-order valence-corrected chi connectivity index (χ0v) is 4.16. The summed E-state index contributed by atoms with van der Waals surface area (Å²) in [6, 6.07) is 0. The summed E-state index contributed by atoms with van der Waals surface area (Å²) in [6.07, 6.45) is 0. The molecule has 0 aliphatic rings. The second kappa shape index (κ2) is 2.20. The molecule has 0 aromatic carbocycles.